The Morgan fingerprint density at radius 1 is 0.500 bits per heavy atom. The molecule has 0 aliphatic heterocycles. The smallest absolute Gasteiger partial charge is 0.0675 e. The van der Waals surface area contributed by atoms with Gasteiger partial charge < -0.3 is 19.5 Å². The van der Waals surface area contributed by atoms with Crippen LogP contribution in [0.15, 0.2) is 0 Å². The molecule has 0 spiro atoms. The van der Waals surface area contributed by atoms with Gasteiger partial charge in [0.25, 0.3) is 0 Å². The van der Waals surface area contributed by atoms with E-state index in [-0.39, 0.29) is 0 Å². The topological polar surface area (TPSA) is 46.1 Å². The molecular weight excluding hydrogens is 156 g/mol. The third-order valence-electron chi connectivity index (χ3n) is 0. The summed E-state index contributed by atoms with van der Waals surface area (Å²) in [6, 6.07) is 0. The van der Waals surface area contributed by atoms with Crippen molar-refractivity contribution in [1.82, 2.24) is 0 Å². The van der Waals surface area contributed by atoms with Gasteiger partial charge in [-0.25, -0.2) is 0 Å². The maximum absolute atomic E-state index is 7.00. The van der Waals surface area contributed by atoms with E-state index >= 15 is 0 Å². The first-order chi connectivity index (χ1) is 5.00. The van der Waals surface area contributed by atoms with E-state index in [4.69, 9.17) is 10.5 Å². The van der Waals surface area contributed by atoms with Gasteiger partial charge in [-0.2, -0.15) is 0 Å². The number of nitrogens with zero attached hydrogens (tertiary/aromatic N) is 2. The lowest BCUT2D eigenvalue weighted by molar-refractivity contribution is -1.00. The predicted octanol–water partition coefficient (Wildman–Crippen LogP) is -1.73. The number of hydrogen-bond acceptors (Lipinski definition) is 2. The van der Waals surface area contributed by atoms with Gasteiger partial charge in [0.2, 0.25) is 0 Å². The lowest BCUT2D eigenvalue weighted by atomic mass is 10.8. The molecule has 0 saturated carbocycles. The molecule has 12 heavy (non-hydrogen) atoms. The third-order valence-corrected chi connectivity index (χ3v) is 0. The molecule has 0 saturated heterocycles. The molecule has 0 atom stereocenters. The maximum atomic E-state index is 7.00. The summed E-state index contributed by atoms with van der Waals surface area (Å²) in [6.07, 6.45) is 0. The molecule has 0 aliphatic rings. The molecule has 4 heteroatoms. The highest BCUT2D eigenvalue weighted by molar-refractivity contribution is 3.87. The fourth-order valence-corrected chi connectivity index (χ4v) is 0. The first-order valence-electron chi connectivity index (χ1n) is 3.74. The van der Waals surface area contributed by atoms with Crippen molar-refractivity contribution < 1.29 is 19.5 Å². The molecule has 0 aromatic carbocycles. The van der Waals surface area contributed by atoms with Gasteiger partial charge in [0.15, 0.2) is 0 Å². The van der Waals surface area contributed by atoms with Crippen LogP contribution in [-0.4, -0.2) is 65.3 Å². The highest BCUT2D eigenvalue weighted by Crippen LogP contribution is 1.74. The summed E-state index contributed by atoms with van der Waals surface area (Å²) in [5.41, 5.74) is 0. The molecular formula is C8H24N2O2. The Labute approximate surface area is 76.8 Å². The van der Waals surface area contributed by atoms with E-state index in [9.17, 15) is 0 Å². The van der Waals surface area contributed by atoms with Crippen LogP contribution in [0.1, 0.15) is 0 Å². The zero-order chi connectivity index (χ0) is 11.0. The molecule has 0 fully saturated rings. The van der Waals surface area contributed by atoms with Gasteiger partial charge in [-0.3, -0.25) is 0 Å². The zero-order valence-electron chi connectivity index (χ0n) is 9.71. The quantitative estimate of drug-likeness (QED) is 0.252. The highest BCUT2D eigenvalue weighted by atomic mass is 17.0. The van der Waals surface area contributed by atoms with Crippen molar-refractivity contribution in [1.29, 1.82) is 0 Å². The first kappa shape index (κ1) is 17.8. The molecule has 0 bridgehead atoms. The molecule has 0 amide bonds. The molecule has 0 radical (unpaired) electrons. The van der Waals surface area contributed by atoms with Crippen LogP contribution >= 0.6 is 0 Å². The Bertz CT molecular complexity index is 58.0. The van der Waals surface area contributed by atoms with Crippen LogP contribution in [0.25, 0.3) is 0 Å². The van der Waals surface area contributed by atoms with Crippen LogP contribution in [-0.2, 0) is 0 Å². The van der Waals surface area contributed by atoms with E-state index in [1.165, 1.54) is 0 Å². The Morgan fingerprint density at radius 3 is 0.500 bits per heavy atom. The number of rotatable bonds is 0. The SMILES string of the molecule is C[N+](C)(C)C.C[N+](C)(C)C.[O-][O-]. The van der Waals surface area contributed by atoms with Crippen LogP contribution in [0, 0.1) is 0 Å². The van der Waals surface area contributed by atoms with E-state index in [0.29, 0.717) is 0 Å². The van der Waals surface area contributed by atoms with E-state index in [1.54, 1.807) is 0 Å². The summed E-state index contributed by atoms with van der Waals surface area (Å²) >= 11 is 0. The average molecular weight is 180 g/mol. The molecule has 0 heterocycles. The summed E-state index contributed by atoms with van der Waals surface area (Å²) in [7, 11) is 17.0. The zero-order valence-corrected chi connectivity index (χ0v) is 9.71. The lowest BCUT2D eigenvalue weighted by Gasteiger charge is -2.14. The van der Waals surface area contributed by atoms with Crippen LogP contribution in [0.4, 0.5) is 0 Å². The fraction of sp³-hybridized carbons (Fsp3) is 1.00. The number of hydrogen-bond donors (Lipinski definition) is 0. The Hall–Kier alpha value is -0.160. The van der Waals surface area contributed by atoms with Crippen LogP contribution in [0.3, 0.4) is 0 Å². The minimum Gasteiger partial charge on any atom is -1.00 e. The Kier molecular flexibility index (Phi) is 11.1. The standard InChI is InChI=1S/2C4H12N.O2/c2*1-5(2,3)4;1-2/h2*1-4H3;/q2*+1;-2. The Balaban J connectivity index is -0.000000112. The summed E-state index contributed by atoms with van der Waals surface area (Å²) < 4.78 is 2.00. The molecule has 78 valence electrons. The van der Waals surface area contributed by atoms with Crippen LogP contribution in [0.5, 0.6) is 0 Å². The van der Waals surface area contributed by atoms with Crippen molar-refractivity contribution >= 4 is 0 Å². The van der Waals surface area contributed by atoms with Crippen molar-refractivity contribution in [3.05, 3.63) is 0 Å². The van der Waals surface area contributed by atoms with Gasteiger partial charge in [-0.05, 0) is 0 Å². The van der Waals surface area contributed by atoms with E-state index in [2.05, 4.69) is 56.4 Å². The second-order valence-electron chi connectivity index (χ2n) is 5.37. The summed E-state index contributed by atoms with van der Waals surface area (Å²) in [5, 5.41) is 14.0. The average Bonchev–Trinajstić information content (AvgIpc) is 1.59. The Morgan fingerprint density at radius 2 is 0.500 bits per heavy atom. The van der Waals surface area contributed by atoms with Crippen molar-refractivity contribution in [2.24, 2.45) is 0 Å². The largest absolute Gasteiger partial charge is 1.00 e. The highest BCUT2D eigenvalue weighted by Gasteiger charge is 1.88. The van der Waals surface area contributed by atoms with Gasteiger partial charge >= 0.3 is 0 Å². The van der Waals surface area contributed by atoms with Gasteiger partial charge in [-0.15, -0.1) is 0 Å². The normalized spacial score (nSPS) is 10.5. The van der Waals surface area contributed by atoms with Gasteiger partial charge in [0.05, 0.1) is 56.4 Å². The van der Waals surface area contributed by atoms with E-state index in [0.717, 1.165) is 8.97 Å². The second-order valence-corrected chi connectivity index (χ2v) is 5.37. The van der Waals surface area contributed by atoms with E-state index in [1.807, 2.05) is 0 Å². The maximum Gasteiger partial charge on any atom is 0.0675 e. The second kappa shape index (κ2) is 7.49. The summed E-state index contributed by atoms with van der Waals surface area (Å²) in [4.78, 5) is 0. The molecule has 0 rings (SSSR count). The summed E-state index contributed by atoms with van der Waals surface area (Å²) in [6.45, 7) is 0. The third kappa shape index (κ3) is 30000. The van der Waals surface area contributed by atoms with Crippen molar-refractivity contribution in [3.63, 3.8) is 0 Å². The van der Waals surface area contributed by atoms with Crippen molar-refractivity contribution in [2.45, 2.75) is 0 Å². The van der Waals surface area contributed by atoms with E-state index < -0.39 is 0 Å². The molecule has 0 aromatic rings. The fourth-order valence-electron chi connectivity index (χ4n) is 0. The molecule has 4 nitrogen and oxygen atoms in total. The monoisotopic (exact) mass is 180 g/mol. The number of quaternary nitrogens is 2. The molecule has 0 aromatic heterocycles. The molecule has 0 unspecified atom stereocenters. The minimum atomic E-state index is 1.00. The van der Waals surface area contributed by atoms with Gasteiger partial charge in [0.1, 0.15) is 0 Å². The van der Waals surface area contributed by atoms with Gasteiger partial charge in [0, 0.05) is 0 Å². The molecule has 0 aliphatic carbocycles. The lowest BCUT2D eigenvalue weighted by Crippen LogP contribution is -2.27. The van der Waals surface area contributed by atoms with Crippen LogP contribution < -0.4 is 10.5 Å². The van der Waals surface area contributed by atoms with Crippen molar-refractivity contribution in [2.75, 3.05) is 56.4 Å². The summed E-state index contributed by atoms with van der Waals surface area (Å²) in [5.74, 6) is 0. The van der Waals surface area contributed by atoms with Crippen LogP contribution in [0.2, 0.25) is 0 Å². The predicted molar refractivity (Wildman–Crippen MR) is 47.9 cm³/mol. The minimum absolute atomic E-state index is 1.00. The van der Waals surface area contributed by atoms with Crippen molar-refractivity contribution in [3.8, 4) is 0 Å². The molecule has 0 N–H and O–H groups in total. The first-order valence-corrected chi connectivity index (χ1v) is 3.74. The van der Waals surface area contributed by atoms with Gasteiger partial charge in [-0.1, -0.05) is 0 Å².